The van der Waals surface area contributed by atoms with Gasteiger partial charge in [0.15, 0.2) is 0 Å². The van der Waals surface area contributed by atoms with Crippen LogP contribution in [0.3, 0.4) is 0 Å². The molecule has 88 valence electrons. The molecule has 0 aliphatic carbocycles. The Morgan fingerprint density at radius 2 is 1.94 bits per heavy atom. The van der Waals surface area contributed by atoms with Gasteiger partial charge in [0.2, 0.25) is 0 Å². The Labute approximate surface area is 106 Å². The SMILES string of the molecule is C=CCN(CN)Sc1cccc2ccccc12. The normalized spacial score (nSPS) is 10.9. The molecule has 0 spiro atoms. The lowest BCUT2D eigenvalue weighted by Crippen LogP contribution is -2.23. The maximum atomic E-state index is 5.71. The summed E-state index contributed by atoms with van der Waals surface area (Å²) in [7, 11) is 0. The zero-order valence-electron chi connectivity index (χ0n) is 9.67. The van der Waals surface area contributed by atoms with Crippen molar-refractivity contribution in [1.29, 1.82) is 0 Å². The van der Waals surface area contributed by atoms with Crippen LogP contribution in [0.5, 0.6) is 0 Å². The van der Waals surface area contributed by atoms with Gasteiger partial charge in [-0.15, -0.1) is 6.58 Å². The quantitative estimate of drug-likeness (QED) is 0.497. The first kappa shape index (κ1) is 12.2. The van der Waals surface area contributed by atoms with Crippen molar-refractivity contribution in [2.24, 2.45) is 5.73 Å². The van der Waals surface area contributed by atoms with Crippen LogP contribution in [0.2, 0.25) is 0 Å². The molecule has 2 aromatic carbocycles. The maximum Gasteiger partial charge on any atom is 0.0562 e. The molecule has 0 unspecified atom stereocenters. The van der Waals surface area contributed by atoms with Crippen molar-refractivity contribution < 1.29 is 0 Å². The molecule has 0 amide bonds. The fourth-order valence-electron chi connectivity index (χ4n) is 1.71. The summed E-state index contributed by atoms with van der Waals surface area (Å²) in [4.78, 5) is 1.23. The molecule has 0 aliphatic rings. The minimum absolute atomic E-state index is 0.514. The second-order valence-electron chi connectivity index (χ2n) is 3.70. The van der Waals surface area contributed by atoms with Crippen LogP contribution in [-0.2, 0) is 0 Å². The highest BCUT2D eigenvalue weighted by atomic mass is 32.2. The Bertz CT molecular complexity index is 505. The summed E-state index contributed by atoms with van der Waals surface area (Å²) in [5.41, 5.74) is 5.71. The second kappa shape index (κ2) is 5.87. The van der Waals surface area contributed by atoms with Gasteiger partial charge in [0.25, 0.3) is 0 Å². The van der Waals surface area contributed by atoms with Crippen LogP contribution in [0.4, 0.5) is 0 Å². The molecule has 0 aliphatic heterocycles. The molecule has 0 aromatic heterocycles. The van der Waals surface area contributed by atoms with Crippen LogP contribution in [0.15, 0.2) is 60.0 Å². The first-order valence-corrected chi connectivity index (χ1v) is 6.34. The minimum Gasteiger partial charge on any atom is -0.318 e. The summed E-state index contributed by atoms with van der Waals surface area (Å²) in [5, 5.41) is 2.52. The van der Waals surface area contributed by atoms with Crippen LogP contribution in [-0.4, -0.2) is 17.5 Å². The van der Waals surface area contributed by atoms with Gasteiger partial charge in [-0.05, 0) is 28.8 Å². The van der Waals surface area contributed by atoms with E-state index in [1.165, 1.54) is 15.7 Å². The molecular weight excluding hydrogens is 228 g/mol. The summed E-state index contributed by atoms with van der Waals surface area (Å²) in [6.45, 7) is 5.04. The highest BCUT2D eigenvalue weighted by Crippen LogP contribution is 2.29. The number of nitrogens with two attached hydrogens (primary N) is 1. The molecule has 0 atom stereocenters. The zero-order valence-corrected chi connectivity index (χ0v) is 10.5. The first-order valence-electron chi connectivity index (χ1n) is 5.57. The van der Waals surface area contributed by atoms with E-state index in [1.807, 2.05) is 6.08 Å². The van der Waals surface area contributed by atoms with Crippen LogP contribution < -0.4 is 5.73 Å². The van der Waals surface area contributed by atoms with E-state index in [-0.39, 0.29) is 0 Å². The van der Waals surface area contributed by atoms with Gasteiger partial charge in [-0.2, -0.15) is 0 Å². The van der Waals surface area contributed by atoms with Crippen molar-refractivity contribution in [2.45, 2.75) is 4.90 Å². The minimum atomic E-state index is 0.514. The number of fused-ring (bicyclic) bond motifs is 1. The smallest absolute Gasteiger partial charge is 0.0562 e. The van der Waals surface area contributed by atoms with Crippen LogP contribution in [0, 0.1) is 0 Å². The van der Waals surface area contributed by atoms with Gasteiger partial charge in [0.1, 0.15) is 0 Å². The molecule has 0 bridgehead atoms. The van der Waals surface area contributed by atoms with Gasteiger partial charge in [-0.25, -0.2) is 4.31 Å². The van der Waals surface area contributed by atoms with E-state index >= 15 is 0 Å². The predicted molar refractivity (Wildman–Crippen MR) is 75.8 cm³/mol. The van der Waals surface area contributed by atoms with E-state index in [0.29, 0.717) is 6.67 Å². The molecule has 0 saturated heterocycles. The van der Waals surface area contributed by atoms with Crippen LogP contribution in [0.25, 0.3) is 10.8 Å². The van der Waals surface area contributed by atoms with E-state index < -0.39 is 0 Å². The summed E-state index contributed by atoms with van der Waals surface area (Å²) in [6.07, 6.45) is 1.87. The van der Waals surface area contributed by atoms with E-state index in [4.69, 9.17) is 5.73 Å². The molecule has 2 aromatic rings. The summed E-state index contributed by atoms with van der Waals surface area (Å²) >= 11 is 1.68. The fourth-order valence-corrected chi connectivity index (χ4v) is 2.66. The largest absolute Gasteiger partial charge is 0.318 e. The van der Waals surface area contributed by atoms with Gasteiger partial charge in [-0.3, -0.25) is 0 Å². The number of nitrogens with zero attached hydrogens (tertiary/aromatic N) is 1. The van der Waals surface area contributed by atoms with Crippen molar-refractivity contribution >= 4 is 22.7 Å². The highest BCUT2D eigenvalue weighted by molar-refractivity contribution is 7.97. The summed E-state index contributed by atoms with van der Waals surface area (Å²) in [6, 6.07) is 14.7. The molecule has 2 N–H and O–H groups in total. The lowest BCUT2D eigenvalue weighted by atomic mass is 10.1. The van der Waals surface area contributed by atoms with Gasteiger partial charge in [-0.1, -0.05) is 42.5 Å². The maximum absolute atomic E-state index is 5.71. The molecule has 17 heavy (non-hydrogen) atoms. The Kier molecular flexibility index (Phi) is 4.20. The monoisotopic (exact) mass is 244 g/mol. The molecule has 0 fully saturated rings. The van der Waals surface area contributed by atoms with E-state index in [0.717, 1.165) is 6.54 Å². The Hall–Kier alpha value is -1.29. The standard InChI is InChI=1S/C14H16N2S/c1-2-10-16(11-15)17-14-9-5-7-12-6-3-4-8-13(12)14/h2-9H,1,10-11,15H2. The van der Waals surface area contributed by atoms with Crippen molar-refractivity contribution in [3.8, 4) is 0 Å². The number of hydrogen-bond acceptors (Lipinski definition) is 3. The van der Waals surface area contributed by atoms with E-state index in [2.05, 4.69) is 53.3 Å². The van der Waals surface area contributed by atoms with Gasteiger partial charge < -0.3 is 5.73 Å². The van der Waals surface area contributed by atoms with Gasteiger partial charge in [0, 0.05) is 11.4 Å². The Morgan fingerprint density at radius 1 is 1.18 bits per heavy atom. The number of benzene rings is 2. The third kappa shape index (κ3) is 2.88. The molecule has 0 saturated carbocycles. The predicted octanol–water partition coefficient (Wildman–Crippen LogP) is 3.25. The summed E-state index contributed by atoms with van der Waals surface area (Å²) < 4.78 is 2.08. The average molecular weight is 244 g/mol. The lowest BCUT2D eigenvalue weighted by molar-refractivity contribution is 0.537. The Morgan fingerprint density at radius 3 is 2.71 bits per heavy atom. The van der Waals surface area contributed by atoms with Crippen molar-refractivity contribution in [3.63, 3.8) is 0 Å². The van der Waals surface area contributed by atoms with Gasteiger partial charge in [0.05, 0.1) is 6.67 Å². The third-order valence-corrected chi connectivity index (χ3v) is 3.62. The average Bonchev–Trinajstić information content (AvgIpc) is 2.38. The number of rotatable bonds is 5. The Balaban J connectivity index is 2.31. The lowest BCUT2D eigenvalue weighted by Gasteiger charge is -2.17. The summed E-state index contributed by atoms with van der Waals surface area (Å²) in [5.74, 6) is 0. The molecule has 0 heterocycles. The van der Waals surface area contributed by atoms with Crippen LogP contribution in [0.1, 0.15) is 0 Å². The molecule has 2 rings (SSSR count). The van der Waals surface area contributed by atoms with Crippen molar-refractivity contribution in [1.82, 2.24) is 4.31 Å². The van der Waals surface area contributed by atoms with Crippen molar-refractivity contribution in [2.75, 3.05) is 13.2 Å². The molecule has 0 radical (unpaired) electrons. The fraction of sp³-hybridized carbons (Fsp3) is 0.143. The molecule has 2 nitrogen and oxygen atoms in total. The van der Waals surface area contributed by atoms with Crippen molar-refractivity contribution in [3.05, 3.63) is 55.1 Å². The first-order chi connectivity index (χ1) is 8.35. The topological polar surface area (TPSA) is 29.3 Å². The van der Waals surface area contributed by atoms with E-state index in [9.17, 15) is 0 Å². The molecule has 3 heteroatoms. The number of hydrogen-bond donors (Lipinski definition) is 1. The second-order valence-corrected chi connectivity index (χ2v) is 4.84. The van der Waals surface area contributed by atoms with Crippen LogP contribution >= 0.6 is 11.9 Å². The molecular formula is C14H16N2S. The van der Waals surface area contributed by atoms with Gasteiger partial charge >= 0.3 is 0 Å². The van der Waals surface area contributed by atoms with E-state index in [1.54, 1.807) is 11.9 Å². The zero-order chi connectivity index (χ0) is 12.1. The highest BCUT2D eigenvalue weighted by Gasteiger charge is 2.06. The third-order valence-electron chi connectivity index (χ3n) is 2.51.